The largest absolute Gasteiger partial charge is 0.507 e. The number of hydrogen-bond acceptors (Lipinski definition) is 6. The number of ketones is 1. The second-order valence-electron chi connectivity index (χ2n) is 8.94. The van der Waals surface area contributed by atoms with Crippen LogP contribution in [0.25, 0.3) is 5.76 Å². The Morgan fingerprint density at radius 2 is 1.73 bits per heavy atom. The Balaban J connectivity index is 1.85. The molecule has 1 aliphatic heterocycles. The Bertz CT molecular complexity index is 1370. The fourth-order valence-corrected chi connectivity index (χ4v) is 4.22. The highest BCUT2D eigenvalue weighted by molar-refractivity contribution is 6.51. The molecule has 0 saturated carbocycles. The number of benzene rings is 3. The molecule has 4 rings (SSSR count). The molecule has 3 aromatic carbocycles. The van der Waals surface area contributed by atoms with Crippen molar-refractivity contribution in [3.63, 3.8) is 0 Å². The summed E-state index contributed by atoms with van der Waals surface area (Å²) in [5.41, 5.74) is 1.83. The number of aliphatic hydroxyl groups excluding tert-OH is 1. The minimum absolute atomic E-state index is 0.0144. The molecule has 1 N–H and O–H groups in total. The van der Waals surface area contributed by atoms with Gasteiger partial charge in [0.1, 0.15) is 17.3 Å². The van der Waals surface area contributed by atoms with Crippen LogP contribution in [0.1, 0.15) is 49.9 Å². The zero-order chi connectivity index (χ0) is 26.5. The number of carbonyl (C=O) groups excluding carboxylic acids is 2. The molecule has 1 unspecified atom stereocenters. The second kappa shape index (κ2) is 11.0. The average Bonchev–Trinajstić information content (AvgIpc) is 3.17. The molecule has 37 heavy (non-hydrogen) atoms. The number of nitriles is 1. The number of carbonyl (C=O) groups is 2. The van der Waals surface area contributed by atoms with E-state index >= 15 is 0 Å². The van der Waals surface area contributed by atoms with Crippen molar-refractivity contribution in [2.75, 3.05) is 11.5 Å². The first-order valence-electron chi connectivity index (χ1n) is 12.1. The first-order valence-corrected chi connectivity index (χ1v) is 12.1. The maximum absolute atomic E-state index is 13.4. The molecule has 0 aliphatic carbocycles. The summed E-state index contributed by atoms with van der Waals surface area (Å²) < 4.78 is 11.5. The number of anilines is 1. The molecule has 1 aliphatic rings. The van der Waals surface area contributed by atoms with Crippen molar-refractivity contribution in [2.24, 2.45) is 0 Å². The van der Waals surface area contributed by atoms with Crippen molar-refractivity contribution in [1.29, 1.82) is 5.26 Å². The van der Waals surface area contributed by atoms with Gasteiger partial charge in [-0.2, -0.15) is 5.26 Å². The van der Waals surface area contributed by atoms with Crippen molar-refractivity contribution in [1.82, 2.24) is 0 Å². The summed E-state index contributed by atoms with van der Waals surface area (Å²) in [5.74, 6) is -0.623. The molecule has 0 radical (unpaired) electrons. The fourth-order valence-electron chi connectivity index (χ4n) is 4.22. The van der Waals surface area contributed by atoms with Gasteiger partial charge >= 0.3 is 0 Å². The van der Waals surface area contributed by atoms with Crippen molar-refractivity contribution < 1.29 is 24.2 Å². The van der Waals surface area contributed by atoms with Crippen LogP contribution >= 0.6 is 0 Å². The van der Waals surface area contributed by atoms with E-state index in [1.807, 2.05) is 20.8 Å². The van der Waals surface area contributed by atoms with E-state index in [2.05, 4.69) is 6.07 Å². The number of rotatable bonds is 8. The van der Waals surface area contributed by atoms with Gasteiger partial charge in [-0.15, -0.1) is 0 Å². The summed E-state index contributed by atoms with van der Waals surface area (Å²) in [6, 6.07) is 21.4. The third kappa shape index (κ3) is 5.34. The highest BCUT2D eigenvalue weighted by atomic mass is 16.5. The summed E-state index contributed by atoms with van der Waals surface area (Å²) in [5, 5.41) is 20.5. The molecule has 1 fully saturated rings. The second-order valence-corrected chi connectivity index (χ2v) is 8.94. The molecule has 188 valence electrons. The van der Waals surface area contributed by atoms with Crippen LogP contribution in [0.3, 0.4) is 0 Å². The molecular weight excluding hydrogens is 468 g/mol. The van der Waals surface area contributed by atoms with Gasteiger partial charge < -0.3 is 14.6 Å². The van der Waals surface area contributed by atoms with Crippen LogP contribution in [-0.2, 0) is 9.59 Å². The topological polar surface area (TPSA) is 99.9 Å². The molecule has 7 nitrogen and oxygen atoms in total. The highest BCUT2D eigenvalue weighted by Crippen LogP contribution is 2.43. The van der Waals surface area contributed by atoms with Gasteiger partial charge in [0.25, 0.3) is 11.7 Å². The third-order valence-corrected chi connectivity index (χ3v) is 5.87. The average molecular weight is 497 g/mol. The van der Waals surface area contributed by atoms with Crippen molar-refractivity contribution in [3.05, 3.63) is 95.1 Å². The summed E-state index contributed by atoms with van der Waals surface area (Å²) >= 11 is 0. The molecule has 1 amide bonds. The zero-order valence-corrected chi connectivity index (χ0v) is 21.0. The van der Waals surface area contributed by atoms with E-state index in [1.165, 1.54) is 4.90 Å². The van der Waals surface area contributed by atoms with Crippen LogP contribution in [0.5, 0.6) is 11.5 Å². The molecule has 0 aromatic heterocycles. The maximum Gasteiger partial charge on any atom is 0.300 e. The van der Waals surface area contributed by atoms with E-state index in [-0.39, 0.29) is 17.4 Å². The first-order chi connectivity index (χ1) is 17.8. The van der Waals surface area contributed by atoms with Gasteiger partial charge in [-0.3, -0.25) is 14.5 Å². The Labute approximate surface area is 216 Å². The number of hydrogen-bond donors (Lipinski definition) is 1. The van der Waals surface area contributed by atoms with E-state index in [4.69, 9.17) is 9.47 Å². The van der Waals surface area contributed by atoms with Crippen LogP contribution in [0, 0.1) is 11.3 Å². The summed E-state index contributed by atoms with van der Waals surface area (Å²) in [6.07, 6.45) is 0.809. The predicted octanol–water partition coefficient (Wildman–Crippen LogP) is 5.76. The van der Waals surface area contributed by atoms with Gasteiger partial charge in [0.15, 0.2) is 0 Å². The quantitative estimate of drug-likeness (QED) is 0.242. The third-order valence-electron chi connectivity index (χ3n) is 5.87. The minimum atomic E-state index is -0.898. The minimum Gasteiger partial charge on any atom is -0.507 e. The zero-order valence-electron chi connectivity index (χ0n) is 21.0. The van der Waals surface area contributed by atoms with Gasteiger partial charge in [-0.25, -0.2) is 0 Å². The predicted molar refractivity (Wildman–Crippen MR) is 140 cm³/mol. The Morgan fingerprint density at radius 1 is 1.03 bits per heavy atom. The maximum atomic E-state index is 13.4. The lowest BCUT2D eigenvalue weighted by Gasteiger charge is -2.26. The normalized spacial score (nSPS) is 16.6. The smallest absolute Gasteiger partial charge is 0.300 e. The Kier molecular flexibility index (Phi) is 7.59. The first kappa shape index (κ1) is 25.5. The number of ether oxygens (including phenoxy) is 2. The Morgan fingerprint density at radius 3 is 2.35 bits per heavy atom. The molecule has 1 atom stereocenters. The number of Topliss-reactive ketones (excluding diaryl/α,β-unsaturated/α-hetero) is 1. The van der Waals surface area contributed by atoms with Crippen molar-refractivity contribution >= 4 is 23.1 Å². The van der Waals surface area contributed by atoms with Crippen molar-refractivity contribution in [2.45, 2.75) is 39.3 Å². The van der Waals surface area contributed by atoms with Gasteiger partial charge in [-0.1, -0.05) is 19.1 Å². The van der Waals surface area contributed by atoms with Crippen LogP contribution in [0.2, 0.25) is 0 Å². The summed E-state index contributed by atoms with van der Waals surface area (Å²) in [7, 11) is 0. The van der Waals surface area contributed by atoms with E-state index in [0.717, 1.165) is 6.42 Å². The van der Waals surface area contributed by atoms with Crippen LogP contribution in [0.15, 0.2) is 78.4 Å². The molecule has 1 saturated heterocycles. The monoisotopic (exact) mass is 496 g/mol. The molecule has 1 heterocycles. The summed E-state index contributed by atoms with van der Waals surface area (Å²) in [6.45, 7) is 6.35. The lowest BCUT2D eigenvalue weighted by Crippen LogP contribution is -2.29. The van der Waals surface area contributed by atoms with E-state index in [0.29, 0.717) is 40.5 Å². The van der Waals surface area contributed by atoms with Crippen LogP contribution in [0.4, 0.5) is 5.69 Å². The van der Waals surface area contributed by atoms with E-state index < -0.39 is 17.7 Å². The molecule has 3 aromatic rings. The van der Waals surface area contributed by atoms with Crippen LogP contribution in [-0.4, -0.2) is 29.5 Å². The molecular formula is C30H28N2O5. The number of amides is 1. The standard InChI is InChI=1S/C30H28N2O5/c1-4-16-36-25-7-5-6-22(17-25)27-26(28(33)21-10-14-24(15-11-21)37-19(2)3)29(34)30(35)32(27)23-12-8-20(18-31)9-13-23/h5-15,17,19,27,33H,4,16H2,1-3H3/b28-26-. The Hall–Kier alpha value is -4.57. The van der Waals surface area contributed by atoms with E-state index in [1.54, 1.807) is 72.8 Å². The van der Waals surface area contributed by atoms with Crippen molar-refractivity contribution in [3.8, 4) is 17.6 Å². The molecule has 0 spiro atoms. The van der Waals surface area contributed by atoms with Gasteiger partial charge in [0, 0.05) is 11.3 Å². The lowest BCUT2D eigenvalue weighted by atomic mass is 9.95. The number of aliphatic hydroxyl groups is 1. The van der Waals surface area contributed by atoms with E-state index in [9.17, 15) is 20.0 Å². The SMILES string of the molecule is CCCOc1cccc(C2/C(=C(/O)c3ccc(OC(C)C)cc3)C(=O)C(=O)N2c2ccc(C#N)cc2)c1. The van der Waals surface area contributed by atoms with Crippen LogP contribution < -0.4 is 14.4 Å². The molecule has 7 heteroatoms. The summed E-state index contributed by atoms with van der Waals surface area (Å²) in [4.78, 5) is 28.1. The molecule has 0 bridgehead atoms. The lowest BCUT2D eigenvalue weighted by molar-refractivity contribution is -0.132. The fraction of sp³-hybridized carbons (Fsp3) is 0.233. The van der Waals surface area contributed by atoms with Gasteiger partial charge in [-0.05, 0) is 86.5 Å². The van der Waals surface area contributed by atoms with Gasteiger partial charge in [0.05, 0.1) is 36.0 Å². The van der Waals surface area contributed by atoms with Gasteiger partial charge in [0.2, 0.25) is 0 Å². The number of nitrogens with zero attached hydrogens (tertiary/aromatic N) is 2. The highest BCUT2D eigenvalue weighted by Gasteiger charge is 2.47.